The molecule has 3 heterocycles. The number of urea groups is 2. The van der Waals surface area contributed by atoms with Crippen LogP contribution < -0.4 is 58.9 Å². The van der Waals surface area contributed by atoms with Crippen molar-refractivity contribution in [2.45, 2.75) is 144 Å². The molecule has 0 radical (unpaired) electrons. The molecule has 1 aliphatic heterocycles. The number of carbonyl (C=O) groups excluding carboxylic acids is 10. The lowest BCUT2D eigenvalue weighted by molar-refractivity contribution is -0.142. The number of thiol groups is 2. The largest absolute Gasteiger partial charge is 0.508 e. The molecule has 1 aliphatic carbocycles. The van der Waals surface area contributed by atoms with Crippen LogP contribution in [0.5, 0.6) is 5.75 Å². The van der Waals surface area contributed by atoms with Crippen LogP contribution in [0.25, 0.3) is 32.6 Å². The topological polar surface area (TPSA) is 433 Å². The number of rotatable bonds is 39. The van der Waals surface area contributed by atoms with Gasteiger partial charge in [0.15, 0.2) is 0 Å². The minimum atomic E-state index is -1.77. The number of phenolic OH excluding ortho intramolecular Hbond substituents is 1. The number of hydrogen-bond acceptors (Lipinski definition) is 17. The number of phenols is 1. The fourth-order valence-electron chi connectivity index (χ4n) is 14.9. The van der Waals surface area contributed by atoms with Crippen molar-refractivity contribution in [3.63, 3.8) is 0 Å². The van der Waals surface area contributed by atoms with Gasteiger partial charge in [-0.25, -0.2) is 14.4 Å². The van der Waals surface area contributed by atoms with Crippen LogP contribution in [0.4, 0.5) is 9.59 Å². The highest BCUT2D eigenvalue weighted by atomic mass is 32.1. The molecule has 6 aromatic carbocycles. The summed E-state index contributed by atoms with van der Waals surface area (Å²) in [5.74, 6) is -9.48. The molecule has 29 nitrogen and oxygen atoms in total. The van der Waals surface area contributed by atoms with Crippen molar-refractivity contribution in [3.8, 4) is 5.75 Å². The lowest BCUT2D eigenvalue weighted by atomic mass is 9.72. The molecule has 8 aromatic rings. The van der Waals surface area contributed by atoms with Crippen molar-refractivity contribution in [2.75, 3.05) is 50.8 Å². The molecule has 1 saturated heterocycles. The van der Waals surface area contributed by atoms with Crippen LogP contribution in [0.15, 0.2) is 165 Å². The van der Waals surface area contributed by atoms with Gasteiger partial charge in [0.05, 0.1) is 12.0 Å². The quantitative estimate of drug-likeness (QED) is 0.0144. The van der Waals surface area contributed by atoms with E-state index in [-0.39, 0.29) is 106 Å². The number of aromatic nitrogens is 2. The smallest absolute Gasteiger partial charge is 0.326 e. The number of nitrogens with two attached hydrogens (primary N) is 1. The fraction of sp³-hybridized carbons (Fsp3) is 0.386. The van der Waals surface area contributed by atoms with Gasteiger partial charge >= 0.3 is 18.0 Å². The van der Waals surface area contributed by atoms with Crippen molar-refractivity contribution in [3.05, 3.63) is 198 Å². The Balaban J connectivity index is 0.815. The number of imide groups is 1. The van der Waals surface area contributed by atoms with Crippen LogP contribution >= 0.6 is 25.3 Å². The molecule has 12 amide bonds. The van der Waals surface area contributed by atoms with Gasteiger partial charge in [0.1, 0.15) is 54.1 Å². The average Bonchev–Trinajstić information content (AvgIpc) is 1.49. The van der Waals surface area contributed by atoms with Gasteiger partial charge in [-0.05, 0) is 127 Å². The number of carbonyl (C=O) groups is 11. The highest BCUT2D eigenvalue weighted by molar-refractivity contribution is 7.80. The molecule has 2 aliphatic rings. The molecule has 10 rings (SSSR count). The molecule has 0 saturated carbocycles. The SMILES string of the molecule is C=CCN1C[C@H](C(=O)N(CCCNC(=O)N[C@H](Cc2ccccc2)C(=O)N[C@@H](CS)C(=O)N[C@@H](Cc2ccc(O)cc2)C(=O)N[C@H](Cc2c[nH]c3ccccc23)C(=O)N[C@@H](CCCCN)C(=O)N[C@H](C(=O)N[C@@H](CS)C(=O)N[C@@H](Cc2ccc3ccccc3c2)C(=O)O)[C@@H](C)O)C(=O)NCC)CC2c3cccc4[nH]cc(c34)CC21. The van der Waals surface area contributed by atoms with E-state index in [1.165, 1.54) is 47.0 Å². The predicted octanol–water partition coefficient (Wildman–Crippen LogP) is 4.46. The van der Waals surface area contributed by atoms with E-state index in [1.54, 1.807) is 79.9 Å². The Bertz CT molecular complexity index is 4730. The van der Waals surface area contributed by atoms with Gasteiger partial charge in [0.25, 0.3) is 0 Å². The summed E-state index contributed by atoms with van der Waals surface area (Å²) < 4.78 is 0. The summed E-state index contributed by atoms with van der Waals surface area (Å²) in [6.07, 6.45) is 5.27. The zero-order valence-electron chi connectivity index (χ0n) is 63.6. The van der Waals surface area contributed by atoms with E-state index in [0.29, 0.717) is 59.1 Å². The number of H-pyrrole nitrogens is 2. The maximum atomic E-state index is 15.2. The number of benzene rings is 6. The second-order valence-electron chi connectivity index (χ2n) is 28.9. The number of fused-ring (bicyclic) bond motifs is 4. The second-order valence-corrected chi connectivity index (χ2v) is 29.6. The van der Waals surface area contributed by atoms with Crippen molar-refractivity contribution >= 4 is 123 Å². The molecule has 604 valence electrons. The van der Waals surface area contributed by atoms with Crippen LogP contribution in [0.2, 0.25) is 0 Å². The Kier molecular flexibility index (Phi) is 30.6. The zero-order chi connectivity index (χ0) is 81.5. The Labute approximate surface area is 671 Å². The molecule has 1 fully saturated rings. The first-order valence-electron chi connectivity index (χ1n) is 38.3. The number of likely N-dealkylation sites (tertiary alicyclic amines) is 1. The number of aliphatic hydroxyl groups excluding tert-OH is 1. The molecule has 31 heteroatoms. The number of aromatic amines is 2. The molecular weight excluding hydrogens is 1500 g/mol. The first kappa shape index (κ1) is 85.2. The Morgan fingerprint density at radius 3 is 1.84 bits per heavy atom. The maximum Gasteiger partial charge on any atom is 0.326 e. The van der Waals surface area contributed by atoms with Gasteiger partial charge in [0, 0.05) is 116 Å². The van der Waals surface area contributed by atoms with Crippen molar-refractivity contribution in [1.82, 2.24) is 72.9 Å². The number of aromatic hydroxyl groups is 1. The summed E-state index contributed by atoms with van der Waals surface area (Å²) >= 11 is 8.73. The minimum Gasteiger partial charge on any atom is -0.508 e. The first-order chi connectivity index (χ1) is 55.0. The molecule has 114 heavy (non-hydrogen) atoms. The van der Waals surface area contributed by atoms with E-state index in [2.05, 4.69) is 112 Å². The molecule has 12 atom stereocenters. The number of para-hydroxylation sites is 1. The summed E-state index contributed by atoms with van der Waals surface area (Å²) in [7, 11) is 0. The lowest BCUT2D eigenvalue weighted by Crippen LogP contribution is -2.62. The fourth-order valence-corrected chi connectivity index (χ4v) is 15.4. The van der Waals surface area contributed by atoms with E-state index in [9.17, 15) is 58.5 Å². The number of piperidine rings is 1. The van der Waals surface area contributed by atoms with E-state index < -0.39 is 120 Å². The molecule has 17 N–H and O–H groups in total. The van der Waals surface area contributed by atoms with Gasteiger partial charge in [-0.15, -0.1) is 6.58 Å². The third-order valence-corrected chi connectivity index (χ3v) is 21.5. The van der Waals surface area contributed by atoms with Crippen LogP contribution in [0.1, 0.15) is 85.3 Å². The Morgan fingerprint density at radius 1 is 0.605 bits per heavy atom. The third-order valence-electron chi connectivity index (χ3n) is 20.8. The van der Waals surface area contributed by atoms with Gasteiger partial charge in [0.2, 0.25) is 47.3 Å². The number of aliphatic hydroxyl groups is 1. The number of unbranched alkanes of at least 4 members (excludes halogenated alkanes) is 1. The van der Waals surface area contributed by atoms with Crippen LogP contribution in [0.3, 0.4) is 0 Å². The highest BCUT2D eigenvalue weighted by Crippen LogP contribution is 2.45. The lowest BCUT2D eigenvalue weighted by Gasteiger charge is -2.47. The Hall–Kier alpha value is -11.3. The predicted molar refractivity (Wildman–Crippen MR) is 439 cm³/mol. The van der Waals surface area contributed by atoms with E-state index in [4.69, 9.17) is 5.73 Å². The molecule has 0 bridgehead atoms. The number of amides is 12. The van der Waals surface area contributed by atoms with Gasteiger partial charge in [-0.3, -0.25) is 48.2 Å². The van der Waals surface area contributed by atoms with Gasteiger partial charge < -0.3 is 84.2 Å². The molecule has 2 aromatic heterocycles. The van der Waals surface area contributed by atoms with Crippen molar-refractivity contribution in [1.29, 1.82) is 0 Å². The number of nitrogens with zero attached hydrogens (tertiary/aromatic N) is 2. The number of nitrogens with one attached hydrogen (secondary N) is 12. The van der Waals surface area contributed by atoms with E-state index in [0.717, 1.165) is 28.3 Å². The normalized spacial score (nSPS) is 16.8. The summed E-state index contributed by atoms with van der Waals surface area (Å²) in [6.45, 7) is 8.30. The number of hydrogen-bond donors (Lipinski definition) is 18. The summed E-state index contributed by atoms with van der Waals surface area (Å²) in [4.78, 5) is 167. The van der Waals surface area contributed by atoms with Crippen molar-refractivity contribution < 1.29 is 68.1 Å². The summed E-state index contributed by atoms with van der Waals surface area (Å²) in [5, 5.41) is 61.8. The minimum absolute atomic E-state index is 0.0158. The van der Waals surface area contributed by atoms with Gasteiger partial charge in [-0.1, -0.05) is 121 Å². The number of carboxylic acids is 1. The van der Waals surface area contributed by atoms with E-state index in [1.807, 2.05) is 48.5 Å². The second kappa shape index (κ2) is 41.0. The standard InChI is InChI=1S/C83H101N15O14S2/c1-4-34-97-45-56(40-60-59-22-15-25-62-71(59)55(44-88-62)42-70(60)97)80(108)98(83(112)85-5-2)35-16-33-86-82(111)95-65(37-49-17-7-6-8-18-49)75(103)93-68(46-113)77(105)90-64(38-50-27-30-57(100)31-28-50)74(102)91-66(41-54-43-87-61-23-12-11-21-58(54)61)76(104)89-63(24-13-14-32-84)73(101)96-72(48(3)99)79(107)94-69(47-114)78(106)92-67(81(109)110)39-51-26-29-52-19-9-10-20-53(52)36-51/h4,6-12,15,17-23,25-31,36,43-44,48,56,60,63-70,72,87-88,99-100,113-114H,1,5,13-14,16,24,32-35,37-42,45-47,84H2,2-3H3,(H,85,112)(H,89,104)(H,90,105)(H,91,102)(H,92,106)(H,93,103)(H,94,107)(H,96,101)(H,109,110)(H2,86,95,111)/t48-,56-,60?,63+,64+,65-,66-,67+,68+,69+,70?,72+/m1/s1. The average molecular weight is 1600 g/mol. The molecule has 2 unspecified atom stereocenters. The van der Waals surface area contributed by atoms with Gasteiger partial charge in [-0.2, -0.15) is 25.3 Å². The zero-order valence-corrected chi connectivity index (χ0v) is 65.4. The summed E-state index contributed by atoms with van der Waals surface area (Å²) in [5.41, 5.74) is 12.2. The van der Waals surface area contributed by atoms with Crippen LogP contribution in [0, 0.1) is 5.92 Å². The van der Waals surface area contributed by atoms with Crippen LogP contribution in [-0.2, 0) is 75.3 Å². The van der Waals surface area contributed by atoms with Crippen LogP contribution in [-0.4, -0.2) is 212 Å². The monoisotopic (exact) mass is 1600 g/mol. The number of carboxylic acid groups (broad SMARTS) is 1. The van der Waals surface area contributed by atoms with E-state index >= 15 is 9.59 Å². The number of aliphatic carboxylic acids is 1. The van der Waals surface area contributed by atoms with Crippen molar-refractivity contribution in [2.24, 2.45) is 11.7 Å². The summed E-state index contributed by atoms with van der Waals surface area (Å²) in [6, 6.07) is 27.5. The Morgan fingerprint density at radius 2 is 1.18 bits per heavy atom. The molecular formula is C83H101N15O14S2. The molecule has 0 spiro atoms. The first-order valence-corrected chi connectivity index (χ1v) is 39.6. The maximum absolute atomic E-state index is 15.2. The highest BCUT2D eigenvalue weighted by Gasteiger charge is 2.45. The third kappa shape index (κ3) is 22.4.